The number of ether oxygens (including phenoxy) is 1. The first kappa shape index (κ1) is 16.6. The van der Waals surface area contributed by atoms with Gasteiger partial charge in [-0.2, -0.15) is 0 Å². The number of hydrogen-bond acceptors (Lipinski definition) is 4. The molecule has 0 aromatic heterocycles. The molecule has 0 spiro atoms. The van der Waals surface area contributed by atoms with Crippen molar-refractivity contribution < 1.29 is 9.53 Å². The topological polar surface area (TPSA) is 67.6 Å². The summed E-state index contributed by atoms with van der Waals surface area (Å²) >= 11 is 6.26. The SMILES string of the molecule is Cc1ccc(C(=O)Nc2cc(N3CCOCC3)c(N)cc2Cl)cc1. The number of nitrogens with zero attached hydrogens (tertiary/aromatic N) is 1. The highest BCUT2D eigenvalue weighted by atomic mass is 35.5. The largest absolute Gasteiger partial charge is 0.397 e. The van der Waals surface area contributed by atoms with Crippen LogP contribution in [-0.4, -0.2) is 32.2 Å². The fourth-order valence-corrected chi connectivity index (χ4v) is 2.87. The first-order chi connectivity index (χ1) is 11.5. The molecular weight excluding hydrogens is 326 g/mol. The highest BCUT2D eigenvalue weighted by molar-refractivity contribution is 6.34. The molecule has 126 valence electrons. The van der Waals surface area contributed by atoms with E-state index in [1.165, 1.54) is 0 Å². The summed E-state index contributed by atoms with van der Waals surface area (Å²) in [7, 11) is 0. The number of carbonyl (C=O) groups excluding carboxylic acids is 1. The second kappa shape index (κ2) is 7.11. The first-order valence-corrected chi connectivity index (χ1v) is 8.22. The Morgan fingerprint density at radius 1 is 1.21 bits per heavy atom. The molecule has 1 aliphatic heterocycles. The van der Waals surface area contributed by atoms with Crippen LogP contribution < -0.4 is 16.0 Å². The fraction of sp³-hybridized carbons (Fsp3) is 0.278. The van der Waals surface area contributed by atoms with E-state index in [1.54, 1.807) is 18.2 Å². The van der Waals surface area contributed by atoms with E-state index in [-0.39, 0.29) is 5.91 Å². The molecule has 0 bridgehead atoms. The molecule has 1 aliphatic rings. The van der Waals surface area contributed by atoms with Crippen molar-refractivity contribution in [2.75, 3.05) is 42.3 Å². The number of hydrogen-bond donors (Lipinski definition) is 2. The van der Waals surface area contributed by atoms with Crippen LogP contribution in [0.3, 0.4) is 0 Å². The summed E-state index contributed by atoms with van der Waals surface area (Å²) in [6.45, 7) is 4.82. The molecule has 0 radical (unpaired) electrons. The Balaban J connectivity index is 1.84. The van der Waals surface area contributed by atoms with Crippen molar-refractivity contribution in [1.29, 1.82) is 0 Å². The highest BCUT2D eigenvalue weighted by Crippen LogP contribution is 2.34. The minimum atomic E-state index is -0.199. The van der Waals surface area contributed by atoms with Crippen LogP contribution >= 0.6 is 11.6 Å². The van der Waals surface area contributed by atoms with Gasteiger partial charge in [0.2, 0.25) is 0 Å². The number of nitrogen functional groups attached to an aromatic ring is 1. The molecule has 1 amide bonds. The standard InChI is InChI=1S/C18H20ClN3O2/c1-12-2-4-13(5-3-12)18(23)21-16-11-17(15(20)10-14(16)19)22-6-8-24-9-7-22/h2-5,10-11H,6-9,20H2,1H3,(H,21,23). The molecule has 24 heavy (non-hydrogen) atoms. The van der Waals surface area contributed by atoms with Crippen molar-refractivity contribution in [1.82, 2.24) is 0 Å². The van der Waals surface area contributed by atoms with Gasteiger partial charge in [-0.15, -0.1) is 0 Å². The Morgan fingerprint density at radius 3 is 2.54 bits per heavy atom. The van der Waals surface area contributed by atoms with Gasteiger partial charge in [-0.05, 0) is 31.2 Å². The smallest absolute Gasteiger partial charge is 0.255 e. The van der Waals surface area contributed by atoms with Crippen LogP contribution in [0.1, 0.15) is 15.9 Å². The average molecular weight is 346 g/mol. The average Bonchev–Trinajstić information content (AvgIpc) is 2.58. The second-order valence-electron chi connectivity index (χ2n) is 5.81. The number of carbonyl (C=O) groups is 1. The summed E-state index contributed by atoms with van der Waals surface area (Å²) in [6, 6.07) is 10.9. The number of nitrogens with two attached hydrogens (primary N) is 1. The van der Waals surface area contributed by atoms with E-state index in [0.29, 0.717) is 35.2 Å². The van der Waals surface area contributed by atoms with Crippen LogP contribution in [0, 0.1) is 6.92 Å². The summed E-state index contributed by atoms with van der Waals surface area (Å²) in [6.07, 6.45) is 0. The Bertz CT molecular complexity index is 741. The van der Waals surface area contributed by atoms with Crippen molar-refractivity contribution in [3.63, 3.8) is 0 Å². The molecule has 2 aromatic carbocycles. The maximum absolute atomic E-state index is 12.4. The van der Waals surface area contributed by atoms with Crippen molar-refractivity contribution in [2.45, 2.75) is 6.92 Å². The summed E-state index contributed by atoms with van der Waals surface area (Å²) < 4.78 is 5.37. The molecule has 2 aromatic rings. The van der Waals surface area contributed by atoms with Gasteiger partial charge in [0.25, 0.3) is 5.91 Å². The lowest BCUT2D eigenvalue weighted by Crippen LogP contribution is -2.36. The number of halogens is 1. The zero-order valence-corrected chi connectivity index (χ0v) is 14.3. The predicted molar refractivity (Wildman–Crippen MR) is 98.0 cm³/mol. The maximum Gasteiger partial charge on any atom is 0.255 e. The van der Waals surface area contributed by atoms with Crippen molar-refractivity contribution in [3.05, 3.63) is 52.5 Å². The van der Waals surface area contributed by atoms with E-state index in [1.807, 2.05) is 25.1 Å². The van der Waals surface area contributed by atoms with Gasteiger partial charge in [0.1, 0.15) is 0 Å². The number of amides is 1. The number of nitrogens with one attached hydrogen (secondary N) is 1. The third kappa shape index (κ3) is 3.63. The molecule has 3 rings (SSSR count). The van der Waals surface area contributed by atoms with E-state index in [9.17, 15) is 4.79 Å². The molecule has 1 saturated heterocycles. The van der Waals surface area contributed by atoms with Crippen LogP contribution in [0.25, 0.3) is 0 Å². The minimum absolute atomic E-state index is 0.199. The van der Waals surface area contributed by atoms with Crippen LogP contribution in [0.2, 0.25) is 5.02 Å². The molecular formula is C18H20ClN3O2. The quantitative estimate of drug-likeness (QED) is 0.837. The predicted octanol–water partition coefficient (Wildman–Crippen LogP) is 3.32. The Hall–Kier alpha value is -2.24. The van der Waals surface area contributed by atoms with Gasteiger partial charge in [-0.3, -0.25) is 4.79 Å². The summed E-state index contributed by atoms with van der Waals surface area (Å²) in [4.78, 5) is 14.6. The van der Waals surface area contributed by atoms with E-state index in [4.69, 9.17) is 22.1 Å². The molecule has 0 atom stereocenters. The van der Waals surface area contributed by atoms with Crippen LogP contribution in [-0.2, 0) is 4.74 Å². The molecule has 0 aliphatic carbocycles. The van der Waals surface area contributed by atoms with Crippen molar-refractivity contribution in [2.24, 2.45) is 0 Å². The van der Waals surface area contributed by atoms with Crippen molar-refractivity contribution in [3.8, 4) is 0 Å². The zero-order chi connectivity index (χ0) is 17.1. The number of aryl methyl sites for hydroxylation is 1. The zero-order valence-electron chi connectivity index (χ0n) is 13.5. The van der Waals surface area contributed by atoms with Gasteiger partial charge < -0.3 is 20.7 Å². The molecule has 1 heterocycles. The van der Waals surface area contributed by atoms with E-state index in [0.717, 1.165) is 24.3 Å². The first-order valence-electron chi connectivity index (χ1n) is 7.84. The number of rotatable bonds is 3. The summed E-state index contributed by atoms with van der Waals surface area (Å²) in [5.41, 5.74) is 9.80. The van der Waals surface area contributed by atoms with Crippen molar-refractivity contribution >= 4 is 34.6 Å². The molecule has 5 nitrogen and oxygen atoms in total. The Kier molecular flexibility index (Phi) is 4.92. The third-order valence-corrected chi connectivity index (χ3v) is 4.34. The normalized spacial score (nSPS) is 14.5. The third-order valence-electron chi connectivity index (χ3n) is 4.03. The van der Waals surface area contributed by atoms with Crippen LogP contribution in [0.15, 0.2) is 36.4 Å². The number of morpholine rings is 1. The van der Waals surface area contributed by atoms with Gasteiger partial charge in [-0.25, -0.2) is 0 Å². The summed E-state index contributed by atoms with van der Waals surface area (Å²) in [5, 5.41) is 3.29. The summed E-state index contributed by atoms with van der Waals surface area (Å²) in [5.74, 6) is -0.199. The number of benzene rings is 2. The van der Waals surface area contributed by atoms with Gasteiger partial charge >= 0.3 is 0 Å². The Labute approximate surface area is 146 Å². The van der Waals surface area contributed by atoms with Gasteiger partial charge in [0.05, 0.1) is 35.3 Å². The lowest BCUT2D eigenvalue weighted by Gasteiger charge is -2.30. The molecule has 6 heteroatoms. The highest BCUT2D eigenvalue weighted by Gasteiger charge is 2.17. The van der Waals surface area contributed by atoms with Gasteiger partial charge in [-0.1, -0.05) is 29.3 Å². The van der Waals surface area contributed by atoms with Gasteiger partial charge in [0, 0.05) is 18.7 Å². The Morgan fingerprint density at radius 2 is 1.88 bits per heavy atom. The van der Waals surface area contributed by atoms with E-state index in [2.05, 4.69) is 10.2 Å². The van der Waals surface area contributed by atoms with Crippen LogP contribution in [0.4, 0.5) is 17.1 Å². The molecule has 0 saturated carbocycles. The maximum atomic E-state index is 12.4. The molecule has 1 fully saturated rings. The monoisotopic (exact) mass is 345 g/mol. The lowest BCUT2D eigenvalue weighted by atomic mass is 10.1. The van der Waals surface area contributed by atoms with Gasteiger partial charge in [0.15, 0.2) is 0 Å². The van der Waals surface area contributed by atoms with E-state index >= 15 is 0 Å². The lowest BCUT2D eigenvalue weighted by molar-refractivity contribution is 0.102. The minimum Gasteiger partial charge on any atom is -0.397 e. The van der Waals surface area contributed by atoms with Crippen LogP contribution in [0.5, 0.6) is 0 Å². The molecule has 0 unspecified atom stereocenters. The fourth-order valence-electron chi connectivity index (χ4n) is 2.65. The van der Waals surface area contributed by atoms with E-state index < -0.39 is 0 Å². The second-order valence-corrected chi connectivity index (χ2v) is 6.22. The molecule has 3 N–H and O–H groups in total. The number of anilines is 3.